The van der Waals surface area contributed by atoms with E-state index in [-0.39, 0.29) is 19.1 Å². The SMILES string of the molecule is O=C(O)[C@H]1COCCN1C(=O)COCC1CC1. The van der Waals surface area contributed by atoms with Gasteiger partial charge in [-0.15, -0.1) is 0 Å². The first-order valence-electron chi connectivity index (χ1n) is 5.86. The van der Waals surface area contributed by atoms with Gasteiger partial charge in [0.05, 0.1) is 19.8 Å². The molecule has 1 saturated carbocycles. The Kier molecular flexibility index (Phi) is 3.96. The lowest BCUT2D eigenvalue weighted by molar-refractivity contribution is -0.160. The number of hydrogen-bond acceptors (Lipinski definition) is 4. The van der Waals surface area contributed by atoms with Gasteiger partial charge < -0.3 is 19.5 Å². The van der Waals surface area contributed by atoms with E-state index in [0.29, 0.717) is 25.7 Å². The number of ether oxygens (including phenoxy) is 2. The van der Waals surface area contributed by atoms with Crippen molar-refractivity contribution in [3.63, 3.8) is 0 Å². The Bertz CT molecular complexity index is 302. The predicted octanol–water partition coefficient (Wildman–Crippen LogP) is -0.275. The maximum Gasteiger partial charge on any atom is 0.328 e. The summed E-state index contributed by atoms with van der Waals surface area (Å²) >= 11 is 0. The van der Waals surface area contributed by atoms with Crippen molar-refractivity contribution in [1.82, 2.24) is 4.90 Å². The first-order valence-corrected chi connectivity index (χ1v) is 5.86. The number of carbonyl (C=O) groups is 2. The van der Waals surface area contributed by atoms with Crippen molar-refractivity contribution in [3.8, 4) is 0 Å². The maximum atomic E-state index is 11.8. The van der Waals surface area contributed by atoms with E-state index in [0.717, 1.165) is 0 Å². The fraction of sp³-hybridized carbons (Fsp3) is 0.818. The number of carboxylic acids is 1. The second kappa shape index (κ2) is 5.46. The van der Waals surface area contributed by atoms with E-state index >= 15 is 0 Å². The standard InChI is InChI=1S/C11H17NO5/c13-10(7-17-5-8-1-2-8)12-3-4-16-6-9(12)11(14)15/h8-9H,1-7H2,(H,14,15)/t9-/m1/s1. The Morgan fingerprint density at radius 1 is 1.41 bits per heavy atom. The summed E-state index contributed by atoms with van der Waals surface area (Å²) in [6, 6.07) is -0.874. The summed E-state index contributed by atoms with van der Waals surface area (Å²) in [6.45, 7) is 1.35. The lowest BCUT2D eigenvalue weighted by atomic mass is 10.2. The Labute approximate surface area is 99.5 Å². The van der Waals surface area contributed by atoms with Crippen molar-refractivity contribution >= 4 is 11.9 Å². The van der Waals surface area contributed by atoms with Crippen LogP contribution in [-0.2, 0) is 19.1 Å². The Morgan fingerprint density at radius 3 is 2.82 bits per heavy atom. The molecule has 0 spiro atoms. The smallest absolute Gasteiger partial charge is 0.328 e. The third-order valence-electron chi connectivity index (χ3n) is 3.01. The van der Waals surface area contributed by atoms with Crippen LogP contribution in [0.25, 0.3) is 0 Å². The van der Waals surface area contributed by atoms with Crippen LogP contribution in [0.4, 0.5) is 0 Å². The molecule has 0 radical (unpaired) electrons. The quantitative estimate of drug-likeness (QED) is 0.719. The minimum Gasteiger partial charge on any atom is -0.480 e. The number of hydrogen-bond donors (Lipinski definition) is 1. The molecule has 1 saturated heterocycles. The van der Waals surface area contributed by atoms with E-state index in [1.165, 1.54) is 17.7 Å². The van der Waals surface area contributed by atoms with Crippen LogP contribution >= 0.6 is 0 Å². The molecule has 0 aromatic carbocycles. The third kappa shape index (κ3) is 3.41. The molecular weight excluding hydrogens is 226 g/mol. The largest absolute Gasteiger partial charge is 0.480 e. The van der Waals surface area contributed by atoms with E-state index in [4.69, 9.17) is 14.6 Å². The molecule has 0 unspecified atom stereocenters. The summed E-state index contributed by atoms with van der Waals surface area (Å²) in [5.41, 5.74) is 0. The molecule has 1 aliphatic heterocycles. The predicted molar refractivity (Wildman–Crippen MR) is 57.5 cm³/mol. The highest BCUT2D eigenvalue weighted by Gasteiger charge is 2.32. The van der Waals surface area contributed by atoms with Gasteiger partial charge in [-0.1, -0.05) is 0 Å². The molecule has 6 heteroatoms. The summed E-state index contributed by atoms with van der Waals surface area (Å²) < 4.78 is 10.3. The lowest BCUT2D eigenvalue weighted by Gasteiger charge is -2.32. The molecule has 0 aromatic rings. The van der Waals surface area contributed by atoms with Crippen LogP contribution < -0.4 is 0 Å². The van der Waals surface area contributed by atoms with Gasteiger partial charge in [0, 0.05) is 6.54 Å². The summed E-state index contributed by atoms with van der Waals surface area (Å²) in [5.74, 6) is -0.690. The molecule has 1 amide bonds. The zero-order chi connectivity index (χ0) is 12.3. The van der Waals surface area contributed by atoms with Crippen molar-refractivity contribution in [2.45, 2.75) is 18.9 Å². The number of amides is 1. The van der Waals surface area contributed by atoms with Gasteiger partial charge in [-0.05, 0) is 18.8 Å². The van der Waals surface area contributed by atoms with Gasteiger partial charge in [-0.25, -0.2) is 4.79 Å². The minimum atomic E-state index is -1.03. The van der Waals surface area contributed by atoms with Crippen molar-refractivity contribution in [3.05, 3.63) is 0 Å². The van der Waals surface area contributed by atoms with E-state index in [1.807, 2.05) is 0 Å². The summed E-state index contributed by atoms with van der Waals surface area (Å²) in [5, 5.41) is 8.97. The summed E-state index contributed by atoms with van der Waals surface area (Å²) in [7, 11) is 0. The second-order valence-electron chi connectivity index (χ2n) is 4.47. The molecule has 17 heavy (non-hydrogen) atoms. The van der Waals surface area contributed by atoms with Crippen LogP contribution in [0, 0.1) is 5.92 Å². The molecule has 96 valence electrons. The number of morpholine rings is 1. The Balaban J connectivity index is 1.79. The number of rotatable bonds is 5. The summed E-state index contributed by atoms with van der Waals surface area (Å²) in [6.07, 6.45) is 2.34. The third-order valence-corrected chi connectivity index (χ3v) is 3.01. The Hall–Kier alpha value is -1.14. The van der Waals surface area contributed by atoms with Gasteiger partial charge in [0.1, 0.15) is 6.61 Å². The Morgan fingerprint density at radius 2 is 2.18 bits per heavy atom. The molecular formula is C11H17NO5. The fourth-order valence-corrected chi connectivity index (χ4v) is 1.79. The van der Waals surface area contributed by atoms with Crippen LogP contribution in [0.2, 0.25) is 0 Å². The molecule has 0 aromatic heterocycles. The average Bonchev–Trinajstić information content (AvgIpc) is 3.13. The van der Waals surface area contributed by atoms with Gasteiger partial charge in [0.2, 0.25) is 5.91 Å². The lowest BCUT2D eigenvalue weighted by Crippen LogP contribution is -2.53. The maximum absolute atomic E-state index is 11.8. The van der Waals surface area contributed by atoms with Gasteiger partial charge in [0.25, 0.3) is 0 Å². The molecule has 6 nitrogen and oxygen atoms in total. The first kappa shape index (κ1) is 12.3. The van der Waals surface area contributed by atoms with Crippen molar-refractivity contribution < 1.29 is 24.2 Å². The van der Waals surface area contributed by atoms with Crippen LogP contribution in [-0.4, -0.2) is 60.9 Å². The number of carboxylic acid groups (broad SMARTS) is 1. The van der Waals surface area contributed by atoms with Gasteiger partial charge >= 0.3 is 5.97 Å². The molecule has 2 rings (SSSR count). The number of carbonyl (C=O) groups excluding carboxylic acids is 1. The van der Waals surface area contributed by atoms with E-state index < -0.39 is 12.0 Å². The van der Waals surface area contributed by atoms with E-state index in [2.05, 4.69) is 0 Å². The molecule has 2 fully saturated rings. The normalized spacial score (nSPS) is 24.7. The molecule has 1 N–H and O–H groups in total. The average molecular weight is 243 g/mol. The molecule has 2 aliphatic rings. The molecule has 0 bridgehead atoms. The second-order valence-corrected chi connectivity index (χ2v) is 4.47. The monoisotopic (exact) mass is 243 g/mol. The highest BCUT2D eigenvalue weighted by molar-refractivity contribution is 5.84. The van der Waals surface area contributed by atoms with Crippen molar-refractivity contribution in [1.29, 1.82) is 0 Å². The zero-order valence-corrected chi connectivity index (χ0v) is 9.63. The van der Waals surface area contributed by atoms with Crippen LogP contribution in [0.3, 0.4) is 0 Å². The van der Waals surface area contributed by atoms with Crippen molar-refractivity contribution in [2.75, 3.05) is 33.0 Å². The fourth-order valence-electron chi connectivity index (χ4n) is 1.79. The zero-order valence-electron chi connectivity index (χ0n) is 9.63. The van der Waals surface area contributed by atoms with Crippen LogP contribution in [0.1, 0.15) is 12.8 Å². The summed E-state index contributed by atoms with van der Waals surface area (Å²) in [4.78, 5) is 24.1. The van der Waals surface area contributed by atoms with E-state index in [9.17, 15) is 9.59 Å². The van der Waals surface area contributed by atoms with Gasteiger partial charge in [-0.2, -0.15) is 0 Å². The molecule has 1 aliphatic carbocycles. The van der Waals surface area contributed by atoms with E-state index in [1.54, 1.807) is 0 Å². The van der Waals surface area contributed by atoms with Crippen LogP contribution in [0.5, 0.6) is 0 Å². The van der Waals surface area contributed by atoms with Gasteiger partial charge in [0.15, 0.2) is 6.04 Å². The minimum absolute atomic E-state index is 0.0275. The highest BCUT2D eigenvalue weighted by atomic mass is 16.5. The molecule has 1 heterocycles. The first-order chi connectivity index (χ1) is 8.18. The number of nitrogens with zero attached hydrogens (tertiary/aromatic N) is 1. The van der Waals surface area contributed by atoms with Gasteiger partial charge in [-0.3, -0.25) is 4.79 Å². The topological polar surface area (TPSA) is 76.1 Å². The number of aliphatic carboxylic acids is 1. The highest BCUT2D eigenvalue weighted by Crippen LogP contribution is 2.28. The van der Waals surface area contributed by atoms with Crippen molar-refractivity contribution in [2.24, 2.45) is 5.92 Å². The van der Waals surface area contributed by atoms with Crippen LogP contribution in [0.15, 0.2) is 0 Å². The molecule has 1 atom stereocenters.